The van der Waals surface area contributed by atoms with Crippen LogP contribution in [-0.2, 0) is 4.74 Å². The number of fused-ring (bicyclic) bond motifs is 1. The lowest BCUT2D eigenvalue weighted by Gasteiger charge is -2.09. The lowest BCUT2D eigenvalue weighted by atomic mass is 10.2. The molecule has 0 fully saturated rings. The van der Waals surface area contributed by atoms with Gasteiger partial charge in [-0.1, -0.05) is 0 Å². The Balaban J connectivity index is 1.89. The number of hydrogen-bond acceptors (Lipinski definition) is 7. The van der Waals surface area contributed by atoms with E-state index >= 15 is 0 Å². The molecule has 0 saturated heterocycles. The van der Waals surface area contributed by atoms with E-state index in [9.17, 15) is 9.90 Å². The zero-order valence-corrected chi connectivity index (χ0v) is 13.7. The molecule has 3 aromatic rings. The van der Waals surface area contributed by atoms with E-state index in [2.05, 4.69) is 9.97 Å². The van der Waals surface area contributed by atoms with Gasteiger partial charge in [-0.15, -0.1) is 0 Å². The molecule has 0 aliphatic rings. The number of pyridine rings is 2. The van der Waals surface area contributed by atoms with E-state index in [1.165, 1.54) is 6.20 Å². The first kappa shape index (κ1) is 16.5. The zero-order chi connectivity index (χ0) is 17.8. The van der Waals surface area contributed by atoms with Gasteiger partial charge in [-0.25, -0.2) is 14.8 Å². The molecule has 7 heteroatoms. The third kappa shape index (κ3) is 3.45. The summed E-state index contributed by atoms with van der Waals surface area (Å²) in [5.74, 6) is 0.704. The second kappa shape index (κ2) is 7.04. The number of aromatic hydroxyl groups is 1. The molecule has 0 atom stereocenters. The first-order chi connectivity index (χ1) is 12.1. The molecule has 0 amide bonds. The van der Waals surface area contributed by atoms with Crippen molar-refractivity contribution in [2.75, 3.05) is 13.7 Å². The molecule has 0 spiro atoms. The average molecular weight is 340 g/mol. The highest BCUT2D eigenvalue weighted by Crippen LogP contribution is 2.29. The highest BCUT2D eigenvalue weighted by molar-refractivity contribution is 5.97. The van der Waals surface area contributed by atoms with Crippen LogP contribution in [0.1, 0.15) is 17.4 Å². The number of carbonyl (C=O) groups excluding carboxylic acids is 1. The van der Waals surface area contributed by atoms with Gasteiger partial charge in [-0.3, -0.25) is 0 Å². The van der Waals surface area contributed by atoms with Crippen molar-refractivity contribution in [3.63, 3.8) is 0 Å². The smallest absolute Gasteiger partial charge is 0.360 e. The Morgan fingerprint density at radius 2 is 1.84 bits per heavy atom. The maximum Gasteiger partial charge on any atom is 0.360 e. The Morgan fingerprint density at radius 1 is 1.12 bits per heavy atom. The minimum atomic E-state index is -0.680. The molecule has 2 heterocycles. The zero-order valence-electron chi connectivity index (χ0n) is 13.7. The van der Waals surface area contributed by atoms with Crippen molar-refractivity contribution in [3.8, 4) is 23.1 Å². The van der Waals surface area contributed by atoms with Gasteiger partial charge in [0.05, 0.1) is 25.4 Å². The predicted octanol–water partition coefficient (Wildman–Crippen LogP) is 3.31. The second-order valence-electron chi connectivity index (χ2n) is 5.04. The number of esters is 1. The van der Waals surface area contributed by atoms with E-state index in [0.29, 0.717) is 22.5 Å². The van der Waals surface area contributed by atoms with E-state index < -0.39 is 5.97 Å². The highest BCUT2D eigenvalue weighted by Gasteiger charge is 2.17. The standard InChI is InChI=1S/C18H16N2O5/c1-3-24-18(22)16-17(21)13-8-9-15(20-14(13)10-19-16)25-12-6-4-11(23-2)5-7-12/h4-10,21H,3H2,1-2H3. The van der Waals surface area contributed by atoms with Gasteiger partial charge in [0.15, 0.2) is 11.4 Å². The third-order valence-electron chi connectivity index (χ3n) is 3.45. The van der Waals surface area contributed by atoms with Gasteiger partial charge in [0, 0.05) is 11.5 Å². The van der Waals surface area contributed by atoms with Crippen LogP contribution in [0.5, 0.6) is 23.1 Å². The van der Waals surface area contributed by atoms with Gasteiger partial charge in [0.25, 0.3) is 0 Å². The summed E-state index contributed by atoms with van der Waals surface area (Å²) in [6, 6.07) is 10.3. The summed E-state index contributed by atoms with van der Waals surface area (Å²) in [7, 11) is 1.59. The average Bonchev–Trinajstić information content (AvgIpc) is 2.63. The van der Waals surface area contributed by atoms with Crippen LogP contribution in [-0.4, -0.2) is 34.8 Å². The molecular formula is C18H16N2O5. The van der Waals surface area contributed by atoms with Crippen LogP contribution < -0.4 is 9.47 Å². The molecule has 7 nitrogen and oxygen atoms in total. The molecule has 1 aromatic carbocycles. The molecule has 128 valence electrons. The molecule has 1 N–H and O–H groups in total. The summed E-state index contributed by atoms with van der Waals surface area (Å²) in [5, 5.41) is 10.6. The van der Waals surface area contributed by atoms with Crippen LogP contribution in [0.25, 0.3) is 10.9 Å². The third-order valence-corrected chi connectivity index (χ3v) is 3.45. The van der Waals surface area contributed by atoms with Crippen LogP contribution in [0.15, 0.2) is 42.6 Å². The lowest BCUT2D eigenvalue weighted by molar-refractivity contribution is 0.0516. The number of carbonyl (C=O) groups is 1. The SMILES string of the molecule is CCOC(=O)c1ncc2nc(Oc3ccc(OC)cc3)ccc2c1O. The van der Waals surface area contributed by atoms with E-state index in [1.54, 1.807) is 50.4 Å². The van der Waals surface area contributed by atoms with Gasteiger partial charge in [0.2, 0.25) is 5.88 Å². The monoisotopic (exact) mass is 340 g/mol. The summed E-state index contributed by atoms with van der Waals surface area (Å²) in [4.78, 5) is 20.0. The Kier molecular flexibility index (Phi) is 4.65. The summed E-state index contributed by atoms with van der Waals surface area (Å²) < 4.78 is 15.6. The molecule has 0 aliphatic carbocycles. The van der Waals surface area contributed by atoms with Crippen LogP contribution in [0.4, 0.5) is 0 Å². The van der Waals surface area contributed by atoms with E-state index in [1.807, 2.05) is 0 Å². The number of nitrogens with zero attached hydrogens (tertiary/aromatic N) is 2. The normalized spacial score (nSPS) is 10.5. The molecule has 0 unspecified atom stereocenters. The predicted molar refractivity (Wildman–Crippen MR) is 90.2 cm³/mol. The first-order valence-corrected chi connectivity index (χ1v) is 7.60. The summed E-state index contributed by atoms with van der Waals surface area (Å²) in [6.07, 6.45) is 1.39. The quantitative estimate of drug-likeness (QED) is 0.712. The van der Waals surface area contributed by atoms with Crippen LogP contribution >= 0.6 is 0 Å². The number of aromatic nitrogens is 2. The van der Waals surface area contributed by atoms with Crippen LogP contribution in [0.2, 0.25) is 0 Å². The molecule has 25 heavy (non-hydrogen) atoms. The van der Waals surface area contributed by atoms with Crippen molar-refractivity contribution in [1.29, 1.82) is 0 Å². The molecule has 2 aromatic heterocycles. The van der Waals surface area contributed by atoms with Gasteiger partial charge >= 0.3 is 5.97 Å². The minimum Gasteiger partial charge on any atom is -0.505 e. The van der Waals surface area contributed by atoms with Crippen molar-refractivity contribution >= 4 is 16.9 Å². The van der Waals surface area contributed by atoms with Crippen LogP contribution in [0, 0.1) is 0 Å². The fraction of sp³-hybridized carbons (Fsp3) is 0.167. The molecule has 3 rings (SSSR count). The Morgan fingerprint density at radius 3 is 2.52 bits per heavy atom. The fourth-order valence-corrected chi connectivity index (χ4v) is 2.24. The maximum absolute atomic E-state index is 11.8. The maximum atomic E-state index is 11.8. The Hall–Kier alpha value is -3.35. The van der Waals surface area contributed by atoms with Gasteiger partial charge in [0.1, 0.15) is 11.5 Å². The van der Waals surface area contributed by atoms with Gasteiger partial charge in [-0.2, -0.15) is 0 Å². The van der Waals surface area contributed by atoms with E-state index in [0.717, 1.165) is 5.75 Å². The molecule has 0 aliphatic heterocycles. The first-order valence-electron chi connectivity index (χ1n) is 7.60. The number of ether oxygens (including phenoxy) is 3. The summed E-state index contributed by atoms with van der Waals surface area (Å²) in [5.41, 5.74) is 0.261. The number of rotatable bonds is 5. The van der Waals surface area contributed by atoms with E-state index in [-0.39, 0.29) is 18.1 Å². The Bertz CT molecular complexity index is 909. The topological polar surface area (TPSA) is 90.8 Å². The van der Waals surface area contributed by atoms with Crippen molar-refractivity contribution < 1.29 is 24.1 Å². The molecular weight excluding hydrogens is 324 g/mol. The van der Waals surface area contributed by atoms with Crippen molar-refractivity contribution in [2.45, 2.75) is 6.92 Å². The minimum absolute atomic E-state index is 0.139. The molecule has 0 bridgehead atoms. The van der Waals surface area contributed by atoms with Gasteiger partial charge in [-0.05, 0) is 37.3 Å². The fourth-order valence-electron chi connectivity index (χ4n) is 2.24. The van der Waals surface area contributed by atoms with Crippen molar-refractivity contribution in [2.24, 2.45) is 0 Å². The van der Waals surface area contributed by atoms with Crippen LogP contribution in [0.3, 0.4) is 0 Å². The summed E-state index contributed by atoms with van der Waals surface area (Å²) >= 11 is 0. The van der Waals surface area contributed by atoms with Crippen molar-refractivity contribution in [1.82, 2.24) is 9.97 Å². The largest absolute Gasteiger partial charge is 0.505 e. The van der Waals surface area contributed by atoms with Crippen molar-refractivity contribution in [3.05, 3.63) is 48.3 Å². The lowest BCUT2D eigenvalue weighted by Crippen LogP contribution is -2.07. The molecule has 0 radical (unpaired) electrons. The van der Waals surface area contributed by atoms with Gasteiger partial charge < -0.3 is 19.3 Å². The summed E-state index contributed by atoms with van der Waals surface area (Å²) in [6.45, 7) is 1.88. The number of methoxy groups -OCH3 is 1. The highest BCUT2D eigenvalue weighted by atomic mass is 16.5. The van der Waals surface area contributed by atoms with E-state index in [4.69, 9.17) is 14.2 Å². The second-order valence-corrected chi connectivity index (χ2v) is 5.04. The Labute approximate surface area is 143 Å². The number of hydrogen-bond donors (Lipinski definition) is 1. The number of benzene rings is 1. The molecule has 0 saturated carbocycles.